The van der Waals surface area contributed by atoms with Crippen molar-refractivity contribution in [3.05, 3.63) is 0 Å². The molecule has 2 unspecified atom stereocenters. The molecule has 0 saturated carbocycles. The van der Waals surface area contributed by atoms with Crippen LogP contribution in [0.15, 0.2) is 0 Å². The summed E-state index contributed by atoms with van der Waals surface area (Å²) in [5.74, 6) is -1.45. The first-order valence-electron chi connectivity index (χ1n) is 6.56. The van der Waals surface area contributed by atoms with Gasteiger partial charge in [0, 0.05) is 26.6 Å². The molecule has 1 fully saturated rings. The summed E-state index contributed by atoms with van der Waals surface area (Å²) < 4.78 is 0. The van der Waals surface area contributed by atoms with E-state index in [9.17, 15) is 19.5 Å². The quantitative estimate of drug-likeness (QED) is 0.606. The topological polar surface area (TPSA) is 110 Å². The summed E-state index contributed by atoms with van der Waals surface area (Å²) in [6.45, 7) is 2.27. The van der Waals surface area contributed by atoms with Gasteiger partial charge in [-0.1, -0.05) is 6.92 Å². The fourth-order valence-corrected chi connectivity index (χ4v) is 2.08. The van der Waals surface area contributed by atoms with Crippen molar-refractivity contribution < 1.29 is 24.6 Å². The van der Waals surface area contributed by atoms with Crippen LogP contribution < -0.4 is 5.32 Å². The van der Waals surface area contributed by atoms with Gasteiger partial charge >= 0.3 is 12.0 Å². The van der Waals surface area contributed by atoms with Crippen LogP contribution in [0.25, 0.3) is 0 Å². The molecule has 0 aromatic rings. The summed E-state index contributed by atoms with van der Waals surface area (Å²) in [5, 5.41) is 21.2. The number of likely N-dealkylation sites (tertiary alicyclic amines) is 1. The first-order valence-corrected chi connectivity index (χ1v) is 6.56. The number of carbonyl (C=O) groups is 3. The van der Waals surface area contributed by atoms with Crippen molar-refractivity contribution in [2.45, 2.75) is 31.9 Å². The Morgan fingerprint density at radius 2 is 2.05 bits per heavy atom. The van der Waals surface area contributed by atoms with E-state index >= 15 is 0 Å². The van der Waals surface area contributed by atoms with Crippen LogP contribution in [0.5, 0.6) is 0 Å². The Morgan fingerprint density at radius 1 is 1.40 bits per heavy atom. The van der Waals surface area contributed by atoms with Gasteiger partial charge in [-0.3, -0.25) is 4.79 Å². The van der Waals surface area contributed by atoms with Crippen LogP contribution >= 0.6 is 0 Å². The summed E-state index contributed by atoms with van der Waals surface area (Å²) in [6, 6.07) is -1.61. The second-order valence-corrected chi connectivity index (χ2v) is 4.88. The van der Waals surface area contributed by atoms with Gasteiger partial charge in [0.2, 0.25) is 5.91 Å². The van der Waals surface area contributed by atoms with Crippen LogP contribution in [-0.2, 0) is 9.59 Å². The number of aliphatic hydroxyl groups excluding tert-OH is 1. The number of hydrogen-bond acceptors (Lipinski definition) is 4. The Morgan fingerprint density at radius 3 is 2.60 bits per heavy atom. The Hall–Kier alpha value is -1.83. The van der Waals surface area contributed by atoms with Gasteiger partial charge in [-0.2, -0.15) is 0 Å². The zero-order chi connectivity index (χ0) is 15.3. The second-order valence-electron chi connectivity index (χ2n) is 4.88. The van der Waals surface area contributed by atoms with Crippen molar-refractivity contribution in [2.24, 2.45) is 0 Å². The third kappa shape index (κ3) is 4.09. The van der Waals surface area contributed by atoms with Gasteiger partial charge in [0.25, 0.3) is 0 Å². The Labute approximate surface area is 117 Å². The number of carboxylic acid groups (broad SMARTS) is 1. The van der Waals surface area contributed by atoms with Crippen LogP contribution in [0.1, 0.15) is 19.8 Å². The SMILES string of the molecule is CCCNC(=O)CN(C)C(=O)N1CC(O)CC1C(=O)O. The van der Waals surface area contributed by atoms with E-state index in [0.717, 1.165) is 16.2 Å². The molecule has 114 valence electrons. The number of likely N-dealkylation sites (N-methyl/N-ethyl adjacent to an activating group) is 1. The lowest BCUT2D eigenvalue weighted by Crippen LogP contribution is -2.49. The highest BCUT2D eigenvalue weighted by Gasteiger charge is 2.40. The summed E-state index contributed by atoms with van der Waals surface area (Å²) in [5.41, 5.74) is 0. The number of rotatable bonds is 5. The van der Waals surface area contributed by atoms with Crippen molar-refractivity contribution in [1.82, 2.24) is 15.1 Å². The second kappa shape index (κ2) is 7.09. The lowest BCUT2D eigenvalue weighted by atomic mass is 10.2. The van der Waals surface area contributed by atoms with E-state index in [2.05, 4.69) is 5.32 Å². The maximum Gasteiger partial charge on any atom is 0.326 e. The third-order valence-electron chi connectivity index (χ3n) is 3.09. The standard InChI is InChI=1S/C12H21N3O5/c1-3-4-13-10(17)7-14(2)12(20)15-6-8(16)5-9(15)11(18)19/h8-9,16H,3-7H2,1-2H3,(H,13,17)(H,18,19). The first kappa shape index (κ1) is 16.2. The molecule has 3 N–H and O–H groups in total. The molecule has 20 heavy (non-hydrogen) atoms. The van der Waals surface area contributed by atoms with E-state index in [1.54, 1.807) is 0 Å². The minimum Gasteiger partial charge on any atom is -0.480 e. The molecule has 2 atom stereocenters. The van der Waals surface area contributed by atoms with Crippen LogP contribution in [0.2, 0.25) is 0 Å². The maximum absolute atomic E-state index is 12.1. The smallest absolute Gasteiger partial charge is 0.326 e. The van der Waals surface area contributed by atoms with Crippen molar-refractivity contribution in [3.8, 4) is 0 Å². The maximum atomic E-state index is 12.1. The Balaban J connectivity index is 2.59. The van der Waals surface area contributed by atoms with E-state index in [4.69, 9.17) is 5.11 Å². The molecule has 1 rings (SSSR count). The molecule has 1 saturated heterocycles. The van der Waals surface area contributed by atoms with Crippen molar-refractivity contribution in [3.63, 3.8) is 0 Å². The summed E-state index contributed by atoms with van der Waals surface area (Å²) in [7, 11) is 1.43. The minimum absolute atomic E-state index is 0.0109. The van der Waals surface area contributed by atoms with Crippen LogP contribution in [-0.4, -0.2) is 76.7 Å². The molecule has 0 aromatic carbocycles. The number of β-amino-alcohol motifs (C(OH)–C–C–N with tert-alkyl or cyclic N) is 1. The van der Waals surface area contributed by atoms with Gasteiger partial charge in [0.1, 0.15) is 12.6 Å². The normalized spacial score (nSPS) is 21.6. The molecule has 3 amide bonds. The van der Waals surface area contributed by atoms with Gasteiger partial charge in [-0.15, -0.1) is 0 Å². The van der Waals surface area contributed by atoms with Crippen LogP contribution in [0.3, 0.4) is 0 Å². The fraction of sp³-hybridized carbons (Fsp3) is 0.750. The highest BCUT2D eigenvalue weighted by molar-refractivity contribution is 5.87. The molecule has 8 nitrogen and oxygen atoms in total. The molecule has 1 aliphatic heterocycles. The molecule has 1 heterocycles. The average molecular weight is 287 g/mol. The average Bonchev–Trinajstić information content (AvgIpc) is 2.77. The summed E-state index contributed by atoms with van der Waals surface area (Å²) in [4.78, 5) is 36.9. The molecule has 0 aliphatic carbocycles. The van der Waals surface area contributed by atoms with Gasteiger partial charge < -0.3 is 25.3 Å². The zero-order valence-corrected chi connectivity index (χ0v) is 11.7. The minimum atomic E-state index is -1.15. The zero-order valence-electron chi connectivity index (χ0n) is 11.7. The molecule has 0 aromatic heterocycles. The Kier molecular flexibility index (Phi) is 5.75. The molecular weight excluding hydrogens is 266 g/mol. The fourth-order valence-electron chi connectivity index (χ4n) is 2.08. The molecule has 8 heteroatoms. The van der Waals surface area contributed by atoms with Crippen LogP contribution in [0.4, 0.5) is 4.79 Å². The van der Waals surface area contributed by atoms with Crippen molar-refractivity contribution in [2.75, 3.05) is 26.7 Å². The van der Waals surface area contributed by atoms with E-state index in [-0.39, 0.29) is 25.4 Å². The number of carbonyl (C=O) groups excluding carboxylic acids is 2. The lowest BCUT2D eigenvalue weighted by Gasteiger charge is -2.27. The number of aliphatic carboxylic acids is 1. The van der Waals surface area contributed by atoms with E-state index in [0.29, 0.717) is 6.54 Å². The number of hydrogen-bond donors (Lipinski definition) is 3. The predicted octanol–water partition coefficient (Wildman–Crippen LogP) is -0.916. The Bertz CT molecular complexity index is 387. The van der Waals surface area contributed by atoms with Crippen molar-refractivity contribution in [1.29, 1.82) is 0 Å². The lowest BCUT2D eigenvalue weighted by molar-refractivity contribution is -0.141. The predicted molar refractivity (Wildman–Crippen MR) is 70.1 cm³/mol. The molecular formula is C12H21N3O5. The van der Waals surface area contributed by atoms with Crippen molar-refractivity contribution >= 4 is 17.9 Å². The number of carboxylic acids is 1. The number of nitrogens with one attached hydrogen (secondary N) is 1. The van der Waals surface area contributed by atoms with Gasteiger partial charge in [-0.25, -0.2) is 9.59 Å². The van der Waals surface area contributed by atoms with E-state index in [1.807, 2.05) is 6.92 Å². The molecule has 1 aliphatic rings. The number of aliphatic hydroxyl groups is 1. The molecule has 0 spiro atoms. The monoisotopic (exact) mass is 287 g/mol. The van der Waals surface area contributed by atoms with E-state index in [1.165, 1.54) is 7.05 Å². The molecule has 0 bridgehead atoms. The third-order valence-corrected chi connectivity index (χ3v) is 3.09. The largest absolute Gasteiger partial charge is 0.480 e. The first-order chi connectivity index (χ1) is 9.36. The highest BCUT2D eigenvalue weighted by Crippen LogP contribution is 2.19. The molecule has 0 radical (unpaired) electrons. The summed E-state index contributed by atoms with van der Waals surface area (Å²) >= 11 is 0. The van der Waals surface area contributed by atoms with Gasteiger partial charge in [0.05, 0.1) is 6.10 Å². The van der Waals surface area contributed by atoms with Gasteiger partial charge in [0.15, 0.2) is 0 Å². The van der Waals surface area contributed by atoms with Crippen LogP contribution in [0, 0.1) is 0 Å². The van der Waals surface area contributed by atoms with Gasteiger partial charge in [-0.05, 0) is 6.42 Å². The van der Waals surface area contributed by atoms with E-state index < -0.39 is 24.1 Å². The number of urea groups is 1. The highest BCUT2D eigenvalue weighted by atomic mass is 16.4. The number of amides is 3. The number of nitrogens with zero attached hydrogens (tertiary/aromatic N) is 2. The summed E-state index contributed by atoms with van der Waals surface area (Å²) in [6.07, 6.45) is -0.0397.